The lowest BCUT2D eigenvalue weighted by molar-refractivity contribution is 0.0729. The Morgan fingerprint density at radius 3 is 2.54 bits per heavy atom. The predicted octanol–water partition coefficient (Wildman–Crippen LogP) is 4.48. The Bertz CT molecular complexity index is 1570. The van der Waals surface area contributed by atoms with Crippen molar-refractivity contribution in [2.24, 2.45) is 0 Å². The second kappa shape index (κ2) is 10.8. The SMILES string of the molecule is O=C(c1csc(C2CCN(C(=O)N3CCN(c4ccccn4)CC3)CC2)n1)N1CCc2[nH]c3ccc(F)cc3c2C1. The number of hydrogen-bond acceptors (Lipinski definition) is 6. The van der Waals surface area contributed by atoms with Gasteiger partial charge in [0, 0.05) is 98.4 Å². The lowest BCUT2D eigenvalue weighted by Gasteiger charge is -2.39. The van der Waals surface area contributed by atoms with Crippen LogP contribution < -0.4 is 4.90 Å². The Balaban J connectivity index is 0.937. The maximum absolute atomic E-state index is 13.9. The number of pyridine rings is 1. The third-order valence-corrected chi connectivity index (χ3v) is 9.61. The predicted molar refractivity (Wildman–Crippen MR) is 156 cm³/mol. The van der Waals surface area contributed by atoms with Crippen LogP contribution in [0.5, 0.6) is 0 Å². The molecule has 9 nitrogen and oxygen atoms in total. The molecular weight excluding hydrogens is 541 g/mol. The number of aromatic nitrogens is 3. The second-order valence-corrected chi connectivity index (χ2v) is 11.9. The second-order valence-electron chi connectivity index (χ2n) is 11.0. The number of benzene rings is 1. The number of carbonyl (C=O) groups is 2. The number of likely N-dealkylation sites (tertiary alicyclic amines) is 1. The fourth-order valence-electron chi connectivity index (χ4n) is 6.28. The first-order chi connectivity index (χ1) is 20.0. The number of carbonyl (C=O) groups excluding carboxylic acids is 2. The molecule has 4 aromatic rings. The summed E-state index contributed by atoms with van der Waals surface area (Å²) in [5.74, 6) is 0.848. The standard InChI is InChI=1S/C30H32FN7O2S/c31-21-4-5-24-22(17-21)23-18-38(12-8-25(23)33-24)29(39)26-19-41-28(34-26)20-6-10-36(11-7-20)30(40)37-15-13-35(14-16-37)27-3-1-2-9-32-27/h1-5,9,17,19-20,33H,6-8,10-16,18H2. The number of thiazole rings is 1. The zero-order valence-electron chi connectivity index (χ0n) is 22.8. The van der Waals surface area contributed by atoms with E-state index in [2.05, 4.69) is 14.9 Å². The van der Waals surface area contributed by atoms with E-state index in [4.69, 9.17) is 4.98 Å². The van der Waals surface area contributed by atoms with Gasteiger partial charge in [-0.1, -0.05) is 6.07 Å². The number of nitrogens with zero attached hydrogens (tertiary/aromatic N) is 6. The van der Waals surface area contributed by atoms with Gasteiger partial charge in [0.2, 0.25) is 0 Å². The van der Waals surface area contributed by atoms with E-state index < -0.39 is 0 Å². The molecule has 0 atom stereocenters. The molecule has 0 radical (unpaired) electrons. The molecule has 11 heteroatoms. The summed E-state index contributed by atoms with van der Waals surface area (Å²) in [7, 11) is 0. The summed E-state index contributed by atoms with van der Waals surface area (Å²) < 4.78 is 13.9. The number of aromatic amines is 1. The van der Waals surface area contributed by atoms with Crippen molar-refractivity contribution in [1.82, 2.24) is 29.7 Å². The van der Waals surface area contributed by atoms with Crippen molar-refractivity contribution in [3.8, 4) is 0 Å². The van der Waals surface area contributed by atoms with E-state index in [0.717, 1.165) is 58.9 Å². The van der Waals surface area contributed by atoms with Crippen LogP contribution in [-0.2, 0) is 13.0 Å². The van der Waals surface area contributed by atoms with E-state index in [1.165, 1.54) is 17.4 Å². The summed E-state index contributed by atoms with van der Waals surface area (Å²) in [5.41, 5.74) is 3.44. The van der Waals surface area contributed by atoms with E-state index in [0.29, 0.717) is 51.4 Å². The average molecular weight is 574 g/mol. The highest BCUT2D eigenvalue weighted by molar-refractivity contribution is 7.09. The number of fused-ring (bicyclic) bond motifs is 3. The molecule has 0 aliphatic carbocycles. The monoisotopic (exact) mass is 573 g/mol. The van der Waals surface area contributed by atoms with Gasteiger partial charge in [-0.25, -0.2) is 19.2 Å². The molecular formula is C30H32FN7O2S. The number of piperazine rings is 1. The highest BCUT2D eigenvalue weighted by Gasteiger charge is 2.32. The third kappa shape index (κ3) is 5.03. The van der Waals surface area contributed by atoms with Crippen molar-refractivity contribution in [1.29, 1.82) is 0 Å². The quantitative estimate of drug-likeness (QED) is 0.391. The maximum atomic E-state index is 13.9. The van der Waals surface area contributed by atoms with Crippen LogP contribution in [0, 0.1) is 5.82 Å². The zero-order chi connectivity index (χ0) is 27.9. The number of nitrogens with one attached hydrogen (secondary N) is 1. The minimum atomic E-state index is -0.275. The number of amides is 3. The fourth-order valence-corrected chi connectivity index (χ4v) is 7.25. The van der Waals surface area contributed by atoms with Crippen LogP contribution in [-0.4, -0.2) is 87.4 Å². The first-order valence-corrected chi connectivity index (χ1v) is 15.1. The number of urea groups is 1. The minimum Gasteiger partial charge on any atom is -0.358 e. The molecule has 212 valence electrons. The Hall–Kier alpha value is -3.99. The summed E-state index contributed by atoms with van der Waals surface area (Å²) in [6, 6.07) is 10.8. The van der Waals surface area contributed by atoms with Gasteiger partial charge in [-0.3, -0.25) is 4.79 Å². The molecule has 3 amide bonds. The lowest BCUT2D eigenvalue weighted by atomic mass is 9.98. The number of H-pyrrole nitrogens is 1. The van der Waals surface area contributed by atoms with Gasteiger partial charge in [0.05, 0.1) is 5.01 Å². The maximum Gasteiger partial charge on any atom is 0.320 e. The van der Waals surface area contributed by atoms with Gasteiger partial charge >= 0.3 is 6.03 Å². The van der Waals surface area contributed by atoms with Gasteiger partial charge in [0.1, 0.15) is 17.3 Å². The number of anilines is 1. The minimum absolute atomic E-state index is 0.0821. The highest BCUT2D eigenvalue weighted by Crippen LogP contribution is 2.33. The molecule has 41 heavy (non-hydrogen) atoms. The number of halogens is 1. The van der Waals surface area contributed by atoms with E-state index in [1.54, 1.807) is 18.3 Å². The first-order valence-electron chi connectivity index (χ1n) is 14.3. The van der Waals surface area contributed by atoms with Crippen LogP contribution in [0.2, 0.25) is 0 Å². The molecule has 0 spiro atoms. The van der Waals surface area contributed by atoms with Crippen LogP contribution in [0.4, 0.5) is 15.0 Å². The van der Waals surface area contributed by atoms with E-state index in [9.17, 15) is 14.0 Å². The van der Waals surface area contributed by atoms with Crippen molar-refractivity contribution < 1.29 is 14.0 Å². The van der Waals surface area contributed by atoms with Gasteiger partial charge in [-0.05, 0) is 43.2 Å². The van der Waals surface area contributed by atoms with Crippen molar-refractivity contribution in [3.05, 3.63) is 75.8 Å². The first kappa shape index (κ1) is 25.9. The Morgan fingerprint density at radius 2 is 1.76 bits per heavy atom. The van der Waals surface area contributed by atoms with Crippen molar-refractivity contribution in [2.75, 3.05) is 50.7 Å². The molecule has 3 aliphatic rings. The lowest BCUT2D eigenvalue weighted by Crippen LogP contribution is -2.54. The van der Waals surface area contributed by atoms with Gasteiger partial charge in [-0.2, -0.15) is 0 Å². The average Bonchev–Trinajstić information content (AvgIpc) is 3.66. The van der Waals surface area contributed by atoms with Crippen LogP contribution in [0.1, 0.15) is 45.5 Å². The normalized spacial score (nSPS) is 18.2. The smallest absolute Gasteiger partial charge is 0.320 e. The molecule has 1 aromatic carbocycles. The number of piperidine rings is 1. The van der Waals surface area contributed by atoms with Gasteiger partial charge < -0.3 is 24.6 Å². The molecule has 0 saturated carbocycles. The molecule has 0 unspecified atom stereocenters. The Labute approximate surface area is 241 Å². The number of hydrogen-bond donors (Lipinski definition) is 1. The zero-order valence-corrected chi connectivity index (χ0v) is 23.6. The van der Waals surface area contributed by atoms with Crippen LogP contribution in [0.3, 0.4) is 0 Å². The van der Waals surface area contributed by atoms with Crippen LogP contribution in [0.15, 0.2) is 48.0 Å². The number of rotatable bonds is 3. The van der Waals surface area contributed by atoms with Crippen molar-refractivity contribution in [3.63, 3.8) is 0 Å². The fraction of sp³-hybridized carbons (Fsp3) is 0.400. The third-order valence-electron chi connectivity index (χ3n) is 8.60. The molecule has 2 saturated heterocycles. The molecule has 2 fully saturated rings. The van der Waals surface area contributed by atoms with Crippen molar-refractivity contribution >= 4 is 40.0 Å². The van der Waals surface area contributed by atoms with Gasteiger partial charge in [0.25, 0.3) is 5.91 Å². The molecule has 3 aliphatic heterocycles. The van der Waals surface area contributed by atoms with Gasteiger partial charge in [0.15, 0.2) is 0 Å². The molecule has 7 rings (SSSR count). The largest absolute Gasteiger partial charge is 0.358 e. The Morgan fingerprint density at radius 1 is 0.951 bits per heavy atom. The Kier molecular flexibility index (Phi) is 6.82. The van der Waals surface area contributed by atoms with Crippen LogP contribution in [0.25, 0.3) is 10.9 Å². The van der Waals surface area contributed by atoms with E-state index >= 15 is 0 Å². The summed E-state index contributed by atoms with van der Waals surface area (Å²) in [6.45, 7) is 5.39. The molecule has 6 heterocycles. The van der Waals surface area contributed by atoms with E-state index in [1.807, 2.05) is 38.3 Å². The summed E-state index contributed by atoms with van der Waals surface area (Å²) in [4.78, 5) is 47.1. The topological polar surface area (TPSA) is 88.7 Å². The summed E-state index contributed by atoms with van der Waals surface area (Å²) in [5, 5.41) is 3.67. The summed E-state index contributed by atoms with van der Waals surface area (Å²) >= 11 is 1.54. The van der Waals surface area contributed by atoms with Crippen LogP contribution >= 0.6 is 11.3 Å². The highest BCUT2D eigenvalue weighted by atomic mass is 32.1. The molecule has 0 bridgehead atoms. The molecule has 1 N–H and O–H groups in total. The van der Waals surface area contributed by atoms with Gasteiger partial charge in [-0.15, -0.1) is 11.3 Å². The molecule has 3 aromatic heterocycles. The van der Waals surface area contributed by atoms with E-state index in [-0.39, 0.29) is 23.7 Å². The van der Waals surface area contributed by atoms with Crippen molar-refractivity contribution in [2.45, 2.75) is 31.7 Å². The summed E-state index contributed by atoms with van der Waals surface area (Å²) in [6.07, 6.45) is 4.19.